The molecule has 1 atom stereocenters. The molecule has 0 saturated carbocycles. The lowest BCUT2D eigenvalue weighted by Crippen LogP contribution is -2.21. The van der Waals surface area contributed by atoms with Crippen molar-refractivity contribution in [1.82, 2.24) is 0 Å². The van der Waals surface area contributed by atoms with Crippen LogP contribution in [0.2, 0.25) is 0 Å². The SMILES string of the molecule is C=CC(=O)OCCCS(=O)(=O)OC(CC)CCCCC. The monoisotopic (exact) mass is 306 g/mol. The zero-order chi connectivity index (χ0) is 15.4. The molecule has 0 N–H and O–H groups in total. The van der Waals surface area contributed by atoms with Gasteiger partial charge in [-0.25, -0.2) is 4.79 Å². The molecule has 118 valence electrons. The molecule has 0 aromatic carbocycles. The highest BCUT2D eigenvalue weighted by Gasteiger charge is 2.18. The smallest absolute Gasteiger partial charge is 0.330 e. The maximum atomic E-state index is 11.8. The van der Waals surface area contributed by atoms with E-state index in [9.17, 15) is 13.2 Å². The van der Waals surface area contributed by atoms with E-state index in [2.05, 4.69) is 13.5 Å². The molecular weight excluding hydrogens is 280 g/mol. The highest BCUT2D eigenvalue weighted by molar-refractivity contribution is 7.86. The summed E-state index contributed by atoms with van der Waals surface area (Å²) in [5, 5.41) is 0. The molecule has 0 bridgehead atoms. The van der Waals surface area contributed by atoms with Gasteiger partial charge in [0.05, 0.1) is 18.5 Å². The van der Waals surface area contributed by atoms with Crippen LogP contribution in [0.15, 0.2) is 12.7 Å². The highest BCUT2D eigenvalue weighted by atomic mass is 32.2. The Labute approximate surface area is 122 Å². The molecule has 0 rings (SSSR count). The van der Waals surface area contributed by atoms with Crippen LogP contribution in [0.5, 0.6) is 0 Å². The highest BCUT2D eigenvalue weighted by Crippen LogP contribution is 2.13. The average molecular weight is 306 g/mol. The molecule has 0 aliphatic heterocycles. The van der Waals surface area contributed by atoms with Gasteiger partial charge in [-0.2, -0.15) is 8.42 Å². The first-order chi connectivity index (χ1) is 9.45. The van der Waals surface area contributed by atoms with E-state index in [0.717, 1.165) is 31.8 Å². The molecule has 20 heavy (non-hydrogen) atoms. The van der Waals surface area contributed by atoms with E-state index in [1.165, 1.54) is 0 Å². The normalized spacial score (nSPS) is 12.9. The van der Waals surface area contributed by atoms with Crippen molar-refractivity contribution in [3.63, 3.8) is 0 Å². The van der Waals surface area contributed by atoms with Crippen LogP contribution in [0.25, 0.3) is 0 Å². The summed E-state index contributed by atoms with van der Waals surface area (Å²) in [6.45, 7) is 7.33. The van der Waals surface area contributed by atoms with Gasteiger partial charge in [-0.05, 0) is 19.3 Å². The fraction of sp³-hybridized carbons (Fsp3) is 0.786. The number of rotatable bonds is 12. The van der Waals surface area contributed by atoms with Crippen molar-refractivity contribution in [2.75, 3.05) is 12.4 Å². The first kappa shape index (κ1) is 19.1. The number of hydrogen-bond donors (Lipinski definition) is 0. The number of carbonyl (C=O) groups is 1. The van der Waals surface area contributed by atoms with Gasteiger partial charge in [-0.3, -0.25) is 4.18 Å². The molecule has 0 aromatic heterocycles. The zero-order valence-corrected chi connectivity index (χ0v) is 13.3. The number of esters is 1. The average Bonchev–Trinajstić information content (AvgIpc) is 2.42. The number of carbonyl (C=O) groups excluding carboxylic acids is 1. The van der Waals surface area contributed by atoms with E-state index in [1.54, 1.807) is 0 Å². The number of ether oxygens (including phenoxy) is 1. The minimum atomic E-state index is -3.55. The second-order valence-corrected chi connectivity index (χ2v) is 6.33. The van der Waals surface area contributed by atoms with Crippen molar-refractivity contribution in [3.05, 3.63) is 12.7 Å². The lowest BCUT2D eigenvalue weighted by Gasteiger charge is -2.15. The Morgan fingerprint density at radius 2 is 1.95 bits per heavy atom. The Morgan fingerprint density at radius 3 is 2.50 bits per heavy atom. The summed E-state index contributed by atoms with van der Waals surface area (Å²) >= 11 is 0. The van der Waals surface area contributed by atoms with E-state index < -0.39 is 16.1 Å². The minimum absolute atomic E-state index is 0.0556. The lowest BCUT2D eigenvalue weighted by molar-refractivity contribution is -0.137. The summed E-state index contributed by atoms with van der Waals surface area (Å²) in [5.74, 6) is -0.684. The summed E-state index contributed by atoms with van der Waals surface area (Å²) in [5.41, 5.74) is 0. The largest absolute Gasteiger partial charge is 0.463 e. The zero-order valence-electron chi connectivity index (χ0n) is 12.5. The molecule has 0 aromatic rings. The number of unbranched alkanes of at least 4 members (excludes halogenated alkanes) is 2. The molecule has 6 heteroatoms. The predicted molar refractivity (Wildman–Crippen MR) is 78.9 cm³/mol. The van der Waals surface area contributed by atoms with E-state index in [1.807, 2.05) is 6.92 Å². The van der Waals surface area contributed by atoms with Gasteiger partial charge in [0.15, 0.2) is 0 Å². The summed E-state index contributed by atoms with van der Waals surface area (Å²) in [6.07, 6.45) is 5.61. The molecule has 0 saturated heterocycles. The van der Waals surface area contributed by atoms with Crippen LogP contribution in [-0.4, -0.2) is 32.9 Å². The van der Waals surface area contributed by atoms with Gasteiger partial charge in [0.25, 0.3) is 10.1 Å². The van der Waals surface area contributed by atoms with E-state index in [4.69, 9.17) is 8.92 Å². The van der Waals surface area contributed by atoms with Crippen molar-refractivity contribution in [2.45, 2.75) is 58.5 Å². The van der Waals surface area contributed by atoms with Crippen LogP contribution in [-0.2, 0) is 23.8 Å². The van der Waals surface area contributed by atoms with Crippen molar-refractivity contribution in [3.8, 4) is 0 Å². The molecule has 0 spiro atoms. The quantitative estimate of drug-likeness (QED) is 0.240. The predicted octanol–water partition coefficient (Wildman–Crippen LogP) is 2.81. The van der Waals surface area contributed by atoms with Gasteiger partial charge >= 0.3 is 5.97 Å². The van der Waals surface area contributed by atoms with Crippen LogP contribution >= 0.6 is 0 Å². The molecular formula is C14H26O5S. The summed E-state index contributed by atoms with van der Waals surface area (Å²) in [6, 6.07) is 0. The molecule has 0 fully saturated rings. The molecule has 1 unspecified atom stereocenters. The van der Waals surface area contributed by atoms with Gasteiger partial charge in [-0.15, -0.1) is 0 Å². The standard InChI is InChI=1S/C14H26O5S/c1-4-7-8-10-13(5-2)19-20(16,17)12-9-11-18-14(15)6-3/h6,13H,3-5,7-12H2,1-2H3. The fourth-order valence-electron chi connectivity index (χ4n) is 1.67. The summed E-state index contributed by atoms with van der Waals surface area (Å²) in [7, 11) is -3.55. The lowest BCUT2D eigenvalue weighted by atomic mass is 10.1. The summed E-state index contributed by atoms with van der Waals surface area (Å²) < 4.78 is 33.4. The van der Waals surface area contributed by atoms with Gasteiger partial charge in [0.1, 0.15) is 0 Å². The maximum Gasteiger partial charge on any atom is 0.330 e. The Kier molecular flexibility index (Phi) is 10.4. The third kappa shape index (κ3) is 9.97. The minimum Gasteiger partial charge on any atom is -0.463 e. The van der Waals surface area contributed by atoms with Crippen LogP contribution in [0.4, 0.5) is 0 Å². The van der Waals surface area contributed by atoms with E-state index in [0.29, 0.717) is 6.42 Å². The second kappa shape index (κ2) is 10.9. The van der Waals surface area contributed by atoms with Crippen LogP contribution in [0.1, 0.15) is 52.4 Å². The van der Waals surface area contributed by atoms with Crippen LogP contribution < -0.4 is 0 Å². The van der Waals surface area contributed by atoms with Crippen molar-refractivity contribution in [1.29, 1.82) is 0 Å². The van der Waals surface area contributed by atoms with Gasteiger partial charge in [0.2, 0.25) is 0 Å². The van der Waals surface area contributed by atoms with Crippen molar-refractivity contribution in [2.24, 2.45) is 0 Å². The molecule has 0 aliphatic carbocycles. The Morgan fingerprint density at radius 1 is 1.25 bits per heavy atom. The molecule has 0 amide bonds. The first-order valence-electron chi connectivity index (χ1n) is 7.15. The third-order valence-corrected chi connectivity index (χ3v) is 4.17. The van der Waals surface area contributed by atoms with Gasteiger partial charge in [-0.1, -0.05) is 39.7 Å². The summed E-state index contributed by atoms with van der Waals surface area (Å²) in [4.78, 5) is 10.8. The Bertz CT molecular complexity index is 375. The Balaban J connectivity index is 4.02. The third-order valence-electron chi connectivity index (χ3n) is 2.82. The van der Waals surface area contributed by atoms with Gasteiger partial charge < -0.3 is 4.74 Å². The van der Waals surface area contributed by atoms with E-state index >= 15 is 0 Å². The number of hydrogen-bond acceptors (Lipinski definition) is 5. The molecule has 0 heterocycles. The maximum absolute atomic E-state index is 11.8. The van der Waals surface area contributed by atoms with E-state index in [-0.39, 0.29) is 24.9 Å². The van der Waals surface area contributed by atoms with Crippen LogP contribution in [0, 0.1) is 0 Å². The topological polar surface area (TPSA) is 69.7 Å². The Hall–Kier alpha value is -0.880. The van der Waals surface area contributed by atoms with Crippen LogP contribution in [0.3, 0.4) is 0 Å². The molecule has 5 nitrogen and oxygen atoms in total. The first-order valence-corrected chi connectivity index (χ1v) is 8.73. The molecule has 0 radical (unpaired) electrons. The van der Waals surface area contributed by atoms with Crippen molar-refractivity contribution < 1.29 is 22.1 Å². The van der Waals surface area contributed by atoms with Gasteiger partial charge in [0, 0.05) is 6.08 Å². The second-order valence-electron chi connectivity index (χ2n) is 4.61. The fourth-order valence-corrected chi connectivity index (χ4v) is 2.88. The molecule has 0 aliphatic rings. The van der Waals surface area contributed by atoms with Crippen molar-refractivity contribution >= 4 is 16.1 Å².